The molecule has 0 bridgehead atoms. The Labute approximate surface area is 396 Å². The molecule has 18 heteroatoms. The number of benzene rings is 3. The van der Waals surface area contributed by atoms with E-state index in [9.17, 15) is 37.1 Å². The molecule has 1 atom stereocenters. The predicted molar refractivity (Wildman–Crippen MR) is 247 cm³/mol. The second-order valence-electron chi connectivity index (χ2n) is 17.7. The molecule has 5 heterocycles. The lowest BCUT2D eigenvalue weighted by Gasteiger charge is -2.40. The summed E-state index contributed by atoms with van der Waals surface area (Å²) in [6.45, 7) is 3.50. The molecule has 68 heavy (non-hydrogen) atoms. The van der Waals surface area contributed by atoms with Crippen LogP contribution in [0, 0.1) is 0 Å². The van der Waals surface area contributed by atoms with Gasteiger partial charge >= 0.3 is 12.1 Å². The van der Waals surface area contributed by atoms with Crippen molar-refractivity contribution in [2.24, 2.45) is 0 Å². The van der Waals surface area contributed by atoms with Gasteiger partial charge in [0, 0.05) is 40.5 Å². The fraction of sp³-hybridized carbons (Fsp3) is 0.440. The van der Waals surface area contributed by atoms with E-state index in [4.69, 9.17) is 9.72 Å². The highest BCUT2D eigenvalue weighted by Gasteiger charge is 2.46. The molecular formula is C50H54F3N7O7S. The summed E-state index contributed by atoms with van der Waals surface area (Å²) >= 11 is 1.60. The molecule has 3 aliphatic heterocycles. The Bertz CT molecular complexity index is 2590. The van der Waals surface area contributed by atoms with E-state index in [-0.39, 0.29) is 46.8 Å². The zero-order valence-corrected chi connectivity index (χ0v) is 38.5. The first-order valence-electron chi connectivity index (χ1n) is 23.4. The van der Waals surface area contributed by atoms with Crippen molar-refractivity contribution in [2.45, 2.75) is 108 Å². The number of nitrogens with zero attached hydrogens (tertiary/aromatic N) is 5. The standard InChI is InChI=1S/C50H54F3N7O7S/c51-50(52,53)47-57-42(58-67-47)34-18-14-19-35(30-34)43(62)54-32-49(48-55-37(31-68-48)33-16-10-9-11-17-33)24-27-59(28-25-49)26-12-7-5-3-1-2-4-6-8-13-29-66-39-21-15-20-36-41(39)46(65)60(45(36)64)38-22-23-40(61)56-44(38)63/h9-11,14-21,30-31,38H,1-8,12-13,22-29,32H2,(H,54,62)(H,56,61,63). The molecule has 1 unspecified atom stereocenters. The molecular weight excluding hydrogens is 900 g/mol. The van der Waals surface area contributed by atoms with Gasteiger partial charge in [-0.2, -0.15) is 18.2 Å². The zero-order chi connectivity index (χ0) is 47.7. The smallest absolute Gasteiger partial charge is 0.471 e. The Morgan fingerprint density at radius 2 is 1.53 bits per heavy atom. The number of carbonyl (C=O) groups is 5. The molecule has 5 aromatic rings. The molecule has 2 saturated heterocycles. The summed E-state index contributed by atoms with van der Waals surface area (Å²) in [5.41, 5.74) is 2.42. The van der Waals surface area contributed by atoms with Crippen LogP contribution in [0.1, 0.15) is 132 Å². The van der Waals surface area contributed by atoms with Gasteiger partial charge in [0.2, 0.25) is 17.6 Å². The zero-order valence-electron chi connectivity index (χ0n) is 37.7. The van der Waals surface area contributed by atoms with Crippen molar-refractivity contribution >= 4 is 40.9 Å². The lowest BCUT2D eigenvalue weighted by Crippen LogP contribution is -2.54. The van der Waals surface area contributed by atoms with Crippen LogP contribution in [0.5, 0.6) is 5.75 Å². The van der Waals surface area contributed by atoms with Gasteiger partial charge in [-0.05, 0) is 76.0 Å². The number of likely N-dealkylation sites (tertiary alicyclic amines) is 1. The number of nitrogens with one attached hydrogen (secondary N) is 2. The van der Waals surface area contributed by atoms with Crippen molar-refractivity contribution in [2.75, 3.05) is 32.8 Å². The maximum atomic E-state index is 13.6. The van der Waals surface area contributed by atoms with E-state index in [2.05, 4.69) is 35.6 Å². The molecule has 14 nitrogen and oxygen atoms in total. The first kappa shape index (κ1) is 48.2. The molecule has 2 aromatic heterocycles. The molecule has 2 fully saturated rings. The van der Waals surface area contributed by atoms with E-state index < -0.39 is 47.2 Å². The maximum Gasteiger partial charge on any atom is 0.471 e. The Balaban J connectivity index is 0.731. The largest absolute Gasteiger partial charge is 0.493 e. The third-order valence-corrected chi connectivity index (χ3v) is 14.1. The van der Waals surface area contributed by atoms with Gasteiger partial charge in [0.15, 0.2) is 0 Å². The molecule has 8 rings (SSSR count). The molecule has 5 amide bonds. The Morgan fingerprint density at radius 1 is 0.838 bits per heavy atom. The monoisotopic (exact) mass is 953 g/mol. The Hall–Kier alpha value is -6.27. The number of hydrogen-bond donors (Lipinski definition) is 2. The predicted octanol–water partition coefficient (Wildman–Crippen LogP) is 9.02. The number of halogens is 3. The van der Waals surface area contributed by atoms with Gasteiger partial charge in [0.05, 0.1) is 23.4 Å². The number of alkyl halides is 3. The highest BCUT2D eigenvalue weighted by Crippen LogP contribution is 2.39. The number of amides is 5. The number of thiazole rings is 1. The van der Waals surface area contributed by atoms with Crippen LogP contribution in [0.25, 0.3) is 22.6 Å². The minimum absolute atomic E-state index is 0.0645. The summed E-state index contributed by atoms with van der Waals surface area (Å²) in [7, 11) is 0. The molecule has 3 aromatic carbocycles. The maximum absolute atomic E-state index is 13.6. The minimum atomic E-state index is -4.77. The molecule has 3 aliphatic rings. The number of aromatic nitrogens is 3. The lowest BCUT2D eigenvalue weighted by atomic mass is 9.78. The minimum Gasteiger partial charge on any atom is -0.493 e. The molecule has 0 radical (unpaired) electrons. The van der Waals surface area contributed by atoms with Gasteiger partial charge in [0.25, 0.3) is 17.7 Å². The van der Waals surface area contributed by atoms with Crippen LogP contribution in [0.4, 0.5) is 13.2 Å². The van der Waals surface area contributed by atoms with Crippen molar-refractivity contribution < 1.29 is 46.4 Å². The average Bonchev–Trinajstić information content (AvgIpc) is 4.11. The first-order valence-corrected chi connectivity index (χ1v) is 24.3. The number of unbranched alkanes of at least 4 members (excludes halogenated alkanes) is 9. The van der Waals surface area contributed by atoms with E-state index in [0.29, 0.717) is 18.9 Å². The van der Waals surface area contributed by atoms with Gasteiger partial charge in [-0.25, -0.2) is 4.98 Å². The number of fused-ring (bicyclic) bond motifs is 1. The fourth-order valence-electron chi connectivity index (χ4n) is 9.17. The lowest BCUT2D eigenvalue weighted by molar-refractivity contribution is -0.159. The van der Waals surface area contributed by atoms with Gasteiger partial charge in [0.1, 0.15) is 16.8 Å². The molecule has 0 spiro atoms. The number of hydrogen-bond acceptors (Lipinski definition) is 12. The summed E-state index contributed by atoms with van der Waals surface area (Å²) < 4.78 is 49.6. The number of ether oxygens (including phenoxy) is 1. The number of rotatable bonds is 21. The van der Waals surface area contributed by atoms with Crippen LogP contribution >= 0.6 is 11.3 Å². The average molecular weight is 954 g/mol. The normalized spacial score (nSPS) is 17.3. The highest BCUT2D eigenvalue weighted by molar-refractivity contribution is 7.10. The summed E-state index contributed by atoms with van der Waals surface area (Å²) in [5.74, 6) is -3.89. The van der Waals surface area contributed by atoms with Crippen LogP contribution in [-0.4, -0.2) is 93.3 Å². The van der Waals surface area contributed by atoms with E-state index in [1.54, 1.807) is 41.7 Å². The second kappa shape index (κ2) is 21.8. The highest BCUT2D eigenvalue weighted by atomic mass is 32.1. The Morgan fingerprint density at radius 3 is 2.24 bits per heavy atom. The van der Waals surface area contributed by atoms with Gasteiger partial charge in [-0.1, -0.05) is 105 Å². The first-order chi connectivity index (χ1) is 32.9. The van der Waals surface area contributed by atoms with Crippen LogP contribution in [0.15, 0.2) is 82.7 Å². The van der Waals surface area contributed by atoms with Crippen LogP contribution in [-0.2, 0) is 21.2 Å². The van der Waals surface area contributed by atoms with Crippen LogP contribution < -0.4 is 15.4 Å². The van der Waals surface area contributed by atoms with E-state index >= 15 is 0 Å². The number of imide groups is 2. The summed E-state index contributed by atoms with van der Waals surface area (Å²) in [6.07, 6.45) is 8.01. The Kier molecular flexibility index (Phi) is 15.4. The second-order valence-corrected chi connectivity index (χ2v) is 18.6. The molecule has 0 aliphatic carbocycles. The summed E-state index contributed by atoms with van der Waals surface area (Å²) in [4.78, 5) is 76.0. The van der Waals surface area contributed by atoms with Crippen molar-refractivity contribution in [1.82, 2.24) is 35.6 Å². The third kappa shape index (κ3) is 11.3. The van der Waals surface area contributed by atoms with Gasteiger partial charge < -0.3 is 19.5 Å². The van der Waals surface area contributed by atoms with Gasteiger partial charge in [-0.3, -0.25) is 34.2 Å². The van der Waals surface area contributed by atoms with Crippen LogP contribution in [0.2, 0.25) is 0 Å². The topological polar surface area (TPSA) is 177 Å². The van der Waals surface area contributed by atoms with Crippen molar-refractivity contribution in [3.63, 3.8) is 0 Å². The molecule has 2 N–H and O–H groups in total. The quantitative estimate of drug-likeness (QED) is 0.0530. The van der Waals surface area contributed by atoms with Crippen molar-refractivity contribution in [1.29, 1.82) is 0 Å². The fourth-order valence-corrected chi connectivity index (χ4v) is 10.3. The SMILES string of the molecule is O=C1CCC(N2C(=O)c3cccc(OCCCCCCCCCCCCN4CCC(CNC(=O)c5cccc(-c6noc(C(F)(F)F)n6)c5)(c5nc(-c6ccccc6)cs5)CC4)c3C2=O)C(=O)N1. The molecule has 0 saturated carbocycles. The third-order valence-electron chi connectivity index (χ3n) is 13.0. The number of piperidine rings is 2. The van der Waals surface area contributed by atoms with Crippen molar-refractivity contribution in [3.8, 4) is 28.4 Å². The molecule has 358 valence electrons. The number of carbonyl (C=O) groups excluding carboxylic acids is 5. The van der Waals surface area contributed by atoms with Gasteiger partial charge in [-0.15, -0.1) is 11.3 Å². The van der Waals surface area contributed by atoms with Crippen LogP contribution in [0.3, 0.4) is 0 Å². The van der Waals surface area contributed by atoms with E-state index in [0.717, 1.165) is 92.2 Å². The van der Waals surface area contributed by atoms with Crippen molar-refractivity contribution in [3.05, 3.63) is 106 Å². The van der Waals surface area contributed by atoms with E-state index in [1.807, 2.05) is 30.3 Å². The van der Waals surface area contributed by atoms with E-state index in [1.165, 1.54) is 37.8 Å². The summed E-state index contributed by atoms with van der Waals surface area (Å²) in [6, 6.07) is 20.1. The summed E-state index contributed by atoms with van der Waals surface area (Å²) in [5, 5.41) is 11.8.